The maximum atomic E-state index is 3.59. The van der Waals surface area contributed by atoms with Gasteiger partial charge in [0.25, 0.3) is 0 Å². The van der Waals surface area contributed by atoms with Crippen molar-refractivity contribution in [2.45, 2.75) is 26.2 Å². The average Bonchev–Trinajstić information content (AvgIpc) is 2.43. The lowest BCUT2D eigenvalue weighted by Crippen LogP contribution is -1.94. The van der Waals surface area contributed by atoms with E-state index >= 15 is 0 Å². The van der Waals surface area contributed by atoms with Gasteiger partial charge in [0, 0.05) is 10.4 Å². The second kappa shape index (κ2) is 3.30. The molecule has 0 aromatic heterocycles. The Balaban J connectivity index is 2.57. The summed E-state index contributed by atoms with van der Waals surface area (Å²) in [4.78, 5) is 0. The Kier molecular flexibility index (Phi) is 2.29. The summed E-state index contributed by atoms with van der Waals surface area (Å²) in [6.45, 7) is 4.47. The van der Waals surface area contributed by atoms with Crippen LogP contribution in [0.15, 0.2) is 28.2 Å². The summed E-state index contributed by atoms with van der Waals surface area (Å²) in [5.74, 6) is 0.646. The summed E-state index contributed by atoms with van der Waals surface area (Å²) in [6, 6.07) is 6.47. The molecule has 0 saturated carbocycles. The summed E-state index contributed by atoms with van der Waals surface area (Å²) in [6.07, 6.45) is 3.50. The van der Waals surface area contributed by atoms with Crippen LogP contribution in [0.2, 0.25) is 0 Å². The monoisotopic (exact) mass is 236 g/mol. The Morgan fingerprint density at radius 2 is 2.15 bits per heavy atom. The fourth-order valence-electron chi connectivity index (χ4n) is 2.13. The topological polar surface area (TPSA) is 0 Å². The number of rotatable bonds is 1. The third-order valence-corrected chi connectivity index (χ3v) is 3.48. The van der Waals surface area contributed by atoms with E-state index in [4.69, 9.17) is 0 Å². The summed E-state index contributed by atoms with van der Waals surface area (Å²) in [5, 5.41) is 0. The highest BCUT2D eigenvalue weighted by Gasteiger charge is 2.21. The van der Waals surface area contributed by atoms with Gasteiger partial charge in [-0.25, -0.2) is 0 Å². The van der Waals surface area contributed by atoms with Gasteiger partial charge in [-0.1, -0.05) is 46.6 Å². The van der Waals surface area contributed by atoms with E-state index in [1.54, 1.807) is 0 Å². The molecule has 1 aromatic carbocycles. The highest BCUT2D eigenvalue weighted by Crippen LogP contribution is 2.40. The zero-order valence-corrected chi connectivity index (χ0v) is 9.56. The van der Waals surface area contributed by atoms with Crippen LogP contribution in [0.3, 0.4) is 0 Å². The molecule has 0 amide bonds. The lowest BCUT2D eigenvalue weighted by molar-refractivity contribution is 0.776. The van der Waals surface area contributed by atoms with Crippen molar-refractivity contribution >= 4 is 22.0 Å². The molecule has 0 aliphatic heterocycles. The van der Waals surface area contributed by atoms with Crippen LogP contribution >= 0.6 is 15.9 Å². The van der Waals surface area contributed by atoms with Crippen LogP contribution in [-0.4, -0.2) is 0 Å². The fourth-order valence-corrected chi connectivity index (χ4v) is 2.62. The second-order valence-electron chi connectivity index (χ2n) is 3.59. The van der Waals surface area contributed by atoms with Crippen molar-refractivity contribution in [2.24, 2.45) is 0 Å². The number of hydrogen-bond donors (Lipinski definition) is 0. The molecular formula is C12H13Br. The van der Waals surface area contributed by atoms with Gasteiger partial charge in [-0.15, -0.1) is 0 Å². The van der Waals surface area contributed by atoms with Crippen LogP contribution in [0.1, 0.15) is 37.3 Å². The Morgan fingerprint density at radius 3 is 2.85 bits per heavy atom. The first-order valence-electron chi connectivity index (χ1n) is 4.70. The van der Waals surface area contributed by atoms with Crippen molar-refractivity contribution in [3.63, 3.8) is 0 Å². The van der Waals surface area contributed by atoms with Crippen molar-refractivity contribution < 1.29 is 0 Å². The van der Waals surface area contributed by atoms with E-state index in [0.717, 1.165) is 0 Å². The number of hydrogen-bond acceptors (Lipinski definition) is 0. The zero-order valence-electron chi connectivity index (χ0n) is 7.97. The van der Waals surface area contributed by atoms with Gasteiger partial charge >= 0.3 is 0 Å². The molecule has 1 aromatic rings. The zero-order chi connectivity index (χ0) is 9.42. The highest BCUT2D eigenvalue weighted by molar-refractivity contribution is 9.10. The molecule has 1 atom stereocenters. The summed E-state index contributed by atoms with van der Waals surface area (Å²) in [7, 11) is 0. The van der Waals surface area contributed by atoms with Crippen LogP contribution < -0.4 is 0 Å². The quantitative estimate of drug-likeness (QED) is 0.680. The van der Waals surface area contributed by atoms with Gasteiger partial charge in [0.15, 0.2) is 0 Å². The van der Waals surface area contributed by atoms with Crippen molar-refractivity contribution in [3.8, 4) is 0 Å². The van der Waals surface area contributed by atoms with Crippen LogP contribution in [0, 0.1) is 0 Å². The van der Waals surface area contributed by atoms with E-state index in [9.17, 15) is 0 Å². The smallest absolute Gasteiger partial charge is 0.0250 e. The van der Waals surface area contributed by atoms with Crippen LogP contribution in [-0.2, 0) is 0 Å². The van der Waals surface area contributed by atoms with E-state index in [-0.39, 0.29) is 0 Å². The first-order valence-corrected chi connectivity index (χ1v) is 5.50. The molecule has 13 heavy (non-hydrogen) atoms. The Bertz CT molecular complexity index is 363. The number of fused-ring (bicyclic) bond motifs is 1. The predicted molar refractivity (Wildman–Crippen MR) is 60.8 cm³/mol. The largest absolute Gasteiger partial charge is 0.0652 e. The molecule has 1 unspecified atom stereocenters. The SMILES string of the molecule is CCC1C(C)=Cc2c(Br)cccc21. The number of allylic oxidation sites excluding steroid dienone is 1. The van der Waals surface area contributed by atoms with Crippen molar-refractivity contribution in [3.05, 3.63) is 39.4 Å². The third-order valence-electron chi connectivity index (χ3n) is 2.79. The lowest BCUT2D eigenvalue weighted by Gasteiger charge is -2.11. The lowest BCUT2D eigenvalue weighted by atomic mass is 9.94. The van der Waals surface area contributed by atoms with Gasteiger partial charge in [-0.05, 0) is 30.5 Å². The van der Waals surface area contributed by atoms with Gasteiger partial charge in [-0.3, -0.25) is 0 Å². The molecule has 0 spiro atoms. The Hall–Kier alpha value is -0.560. The van der Waals surface area contributed by atoms with Gasteiger partial charge in [0.05, 0.1) is 0 Å². The minimum absolute atomic E-state index is 0.646. The molecule has 0 bridgehead atoms. The van der Waals surface area contributed by atoms with E-state index < -0.39 is 0 Å². The molecule has 0 saturated heterocycles. The molecular weight excluding hydrogens is 224 g/mol. The van der Waals surface area contributed by atoms with Crippen LogP contribution in [0.5, 0.6) is 0 Å². The summed E-state index contributed by atoms with van der Waals surface area (Å²) in [5.41, 5.74) is 4.35. The molecule has 0 fully saturated rings. The van der Waals surface area contributed by atoms with Crippen molar-refractivity contribution in [2.75, 3.05) is 0 Å². The first-order chi connectivity index (χ1) is 6.24. The first kappa shape index (κ1) is 9.01. The van der Waals surface area contributed by atoms with Crippen molar-refractivity contribution in [1.82, 2.24) is 0 Å². The van der Waals surface area contributed by atoms with Gasteiger partial charge in [0.2, 0.25) is 0 Å². The molecule has 0 N–H and O–H groups in total. The third kappa shape index (κ3) is 1.35. The minimum atomic E-state index is 0.646. The number of halogens is 1. The van der Waals surface area contributed by atoms with Crippen LogP contribution in [0.4, 0.5) is 0 Å². The maximum absolute atomic E-state index is 3.59. The van der Waals surface area contributed by atoms with E-state index in [1.165, 1.54) is 27.6 Å². The van der Waals surface area contributed by atoms with Gasteiger partial charge in [-0.2, -0.15) is 0 Å². The molecule has 0 radical (unpaired) electrons. The van der Waals surface area contributed by atoms with Gasteiger partial charge in [0.1, 0.15) is 0 Å². The number of benzene rings is 1. The molecule has 2 rings (SSSR count). The summed E-state index contributed by atoms with van der Waals surface area (Å²) >= 11 is 3.59. The predicted octanol–water partition coefficient (Wildman–Crippen LogP) is 4.36. The molecule has 68 valence electrons. The van der Waals surface area contributed by atoms with E-state index in [0.29, 0.717) is 5.92 Å². The highest BCUT2D eigenvalue weighted by atomic mass is 79.9. The Morgan fingerprint density at radius 1 is 1.38 bits per heavy atom. The van der Waals surface area contributed by atoms with Gasteiger partial charge < -0.3 is 0 Å². The molecule has 1 aliphatic carbocycles. The fraction of sp³-hybridized carbons (Fsp3) is 0.333. The van der Waals surface area contributed by atoms with E-state index in [1.807, 2.05) is 0 Å². The van der Waals surface area contributed by atoms with Crippen molar-refractivity contribution in [1.29, 1.82) is 0 Å². The normalized spacial score (nSPS) is 19.9. The minimum Gasteiger partial charge on any atom is -0.0652 e. The summed E-state index contributed by atoms with van der Waals surface area (Å²) < 4.78 is 1.22. The molecule has 0 heterocycles. The molecule has 0 nitrogen and oxygen atoms in total. The van der Waals surface area contributed by atoms with E-state index in [2.05, 4.69) is 54.1 Å². The second-order valence-corrected chi connectivity index (χ2v) is 4.45. The average molecular weight is 237 g/mol. The van der Waals surface area contributed by atoms with Crippen LogP contribution in [0.25, 0.3) is 6.08 Å². The molecule has 1 heteroatoms. The Labute approximate surface area is 87.8 Å². The molecule has 1 aliphatic rings. The standard InChI is InChI=1S/C12H13Br/c1-3-9-8(2)7-11-10(9)5-4-6-12(11)13/h4-7,9H,3H2,1-2H3. The maximum Gasteiger partial charge on any atom is 0.0250 e.